The maximum Gasteiger partial charge on any atom is 0.416 e. The SMILES string of the molecule is Cn1cc(Nc2ncnc(-c3ccc(CNC(=O)O)c(C(F)(F)F)c3)n2)cn1. The van der Waals surface area contributed by atoms with Crippen molar-refractivity contribution in [1.29, 1.82) is 0 Å². The number of alkyl halides is 3. The third-order valence-corrected chi connectivity index (χ3v) is 3.64. The Morgan fingerprint density at radius 2 is 2.07 bits per heavy atom. The molecule has 3 N–H and O–H groups in total. The monoisotopic (exact) mass is 393 g/mol. The van der Waals surface area contributed by atoms with Gasteiger partial charge < -0.3 is 15.7 Å². The van der Waals surface area contributed by atoms with Crippen LogP contribution in [0.2, 0.25) is 0 Å². The predicted molar refractivity (Wildman–Crippen MR) is 91.6 cm³/mol. The van der Waals surface area contributed by atoms with Gasteiger partial charge in [-0.25, -0.2) is 14.8 Å². The van der Waals surface area contributed by atoms with Crippen LogP contribution >= 0.6 is 0 Å². The minimum atomic E-state index is -4.67. The number of halogens is 3. The molecule has 0 radical (unpaired) electrons. The number of nitrogens with one attached hydrogen (secondary N) is 2. The molecule has 1 amide bonds. The summed E-state index contributed by atoms with van der Waals surface area (Å²) in [5.41, 5.74) is -0.462. The molecule has 2 aromatic heterocycles. The van der Waals surface area contributed by atoms with E-state index in [1.807, 2.05) is 5.32 Å². The standard InChI is InChI=1S/C16H14F3N7O2/c1-26-7-11(6-23-26)24-14-22-8-21-13(25-14)9-2-3-10(5-20-15(27)28)12(4-9)16(17,18)19/h2-4,6-8,20H,5H2,1H3,(H,27,28)(H,21,22,24,25). The minimum absolute atomic E-state index is 0.0321. The van der Waals surface area contributed by atoms with Crippen LogP contribution < -0.4 is 10.6 Å². The summed E-state index contributed by atoms with van der Waals surface area (Å²) < 4.78 is 41.7. The van der Waals surface area contributed by atoms with Gasteiger partial charge in [0.15, 0.2) is 5.82 Å². The Labute approximate surface area is 156 Å². The van der Waals surface area contributed by atoms with Crippen molar-refractivity contribution in [3.8, 4) is 11.4 Å². The van der Waals surface area contributed by atoms with Gasteiger partial charge >= 0.3 is 12.3 Å². The molecule has 3 aromatic rings. The summed E-state index contributed by atoms with van der Waals surface area (Å²) >= 11 is 0. The topological polar surface area (TPSA) is 118 Å². The summed E-state index contributed by atoms with van der Waals surface area (Å²) in [5.74, 6) is 0.174. The molecule has 0 saturated carbocycles. The second kappa shape index (κ2) is 7.50. The molecule has 0 saturated heterocycles. The number of aryl methyl sites for hydroxylation is 1. The predicted octanol–water partition coefficient (Wildman–Crippen LogP) is 2.80. The van der Waals surface area contributed by atoms with Gasteiger partial charge in [0.05, 0.1) is 17.4 Å². The highest BCUT2D eigenvalue weighted by Gasteiger charge is 2.34. The average Bonchev–Trinajstić information content (AvgIpc) is 3.04. The third-order valence-electron chi connectivity index (χ3n) is 3.64. The number of anilines is 2. The van der Waals surface area contributed by atoms with Crippen molar-refractivity contribution in [3.05, 3.63) is 48.0 Å². The summed E-state index contributed by atoms with van der Waals surface area (Å²) in [5, 5.41) is 17.4. The fraction of sp³-hybridized carbons (Fsp3) is 0.188. The van der Waals surface area contributed by atoms with Crippen LogP contribution in [-0.4, -0.2) is 35.9 Å². The lowest BCUT2D eigenvalue weighted by atomic mass is 10.0. The maximum absolute atomic E-state index is 13.4. The number of rotatable bonds is 5. The van der Waals surface area contributed by atoms with Crippen molar-refractivity contribution in [2.75, 3.05) is 5.32 Å². The van der Waals surface area contributed by atoms with E-state index in [2.05, 4.69) is 25.4 Å². The number of benzene rings is 1. The highest BCUT2D eigenvalue weighted by atomic mass is 19.4. The molecule has 2 heterocycles. The van der Waals surface area contributed by atoms with E-state index in [0.29, 0.717) is 5.69 Å². The molecular weight excluding hydrogens is 379 g/mol. The number of carboxylic acid groups (broad SMARTS) is 1. The van der Waals surface area contributed by atoms with E-state index in [-0.39, 0.29) is 22.9 Å². The van der Waals surface area contributed by atoms with Gasteiger partial charge in [0.25, 0.3) is 0 Å². The molecule has 0 aliphatic carbocycles. The van der Waals surface area contributed by atoms with E-state index in [0.717, 1.165) is 6.07 Å². The number of amides is 1. The molecule has 146 valence electrons. The van der Waals surface area contributed by atoms with Crippen molar-refractivity contribution in [1.82, 2.24) is 30.0 Å². The third kappa shape index (κ3) is 4.52. The Morgan fingerprint density at radius 3 is 2.71 bits per heavy atom. The smallest absolute Gasteiger partial charge is 0.416 e. The van der Waals surface area contributed by atoms with Crippen LogP contribution in [0.5, 0.6) is 0 Å². The highest BCUT2D eigenvalue weighted by molar-refractivity contribution is 5.65. The number of hydrogen-bond donors (Lipinski definition) is 3. The molecule has 0 bridgehead atoms. The Bertz CT molecular complexity index is 1000. The molecule has 0 aliphatic heterocycles. The summed E-state index contributed by atoms with van der Waals surface area (Å²) in [4.78, 5) is 22.6. The second-order valence-corrected chi connectivity index (χ2v) is 5.69. The van der Waals surface area contributed by atoms with Crippen LogP contribution in [0.4, 0.5) is 29.6 Å². The van der Waals surface area contributed by atoms with Crippen molar-refractivity contribution < 1.29 is 23.1 Å². The van der Waals surface area contributed by atoms with E-state index in [4.69, 9.17) is 5.11 Å². The number of carbonyl (C=O) groups is 1. The van der Waals surface area contributed by atoms with Gasteiger partial charge in [0.2, 0.25) is 5.95 Å². The zero-order valence-corrected chi connectivity index (χ0v) is 14.4. The summed E-state index contributed by atoms with van der Waals surface area (Å²) in [6, 6.07) is 3.45. The molecule has 12 heteroatoms. The summed E-state index contributed by atoms with van der Waals surface area (Å²) in [6.45, 7) is -0.477. The van der Waals surface area contributed by atoms with Crippen LogP contribution in [0, 0.1) is 0 Å². The zero-order chi connectivity index (χ0) is 20.3. The van der Waals surface area contributed by atoms with Crippen molar-refractivity contribution in [2.24, 2.45) is 7.05 Å². The first-order chi connectivity index (χ1) is 13.2. The lowest BCUT2D eigenvalue weighted by Gasteiger charge is -2.14. The molecule has 0 spiro atoms. The molecule has 28 heavy (non-hydrogen) atoms. The van der Waals surface area contributed by atoms with E-state index in [9.17, 15) is 18.0 Å². The molecule has 0 aliphatic rings. The molecule has 3 rings (SSSR count). The first-order valence-electron chi connectivity index (χ1n) is 7.84. The largest absolute Gasteiger partial charge is 0.465 e. The minimum Gasteiger partial charge on any atom is -0.465 e. The maximum atomic E-state index is 13.4. The quantitative estimate of drug-likeness (QED) is 0.610. The molecule has 0 atom stereocenters. The van der Waals surface area contributed by atoms with Gasteiger partial charge in [-0.3, -0.25) is 4.68 Å². The molecule has 0 fully saturated rings. The van der Waals surface area contributed by atoms with E-state index >= 15 is 0 Å². The van der Waals surface area contributed by atoms with E-state index in [1.165, 1.54) is 24.7 Å². The van der Waals surface area contributed by atoms with Gasteiger partial charge in [-0.1, -0.05) is 12.1 Å². The normalized spacial score (nSPS) is 11.3. The van der Waals surface area contributed by atoms with E-state index < -0.39 is 24.4 Å². The molecule has 9 nitrogen and oxygen atoms in total. The van der Waals surface area contributed by atoms with E-state index in [1.54, 1.807) is 17.9 Å². The zero-order valence-electron chi connectivity index (χ0n) is 14.4. The number of nitrogens with zero attached hydrogens (tertiary/aromatic N) is 5. The Hall–Kier alpha value is -3.70. The average molecular weight is 393 g/mol. The molecular formula is C16H14F3N7O2. The Morgan fingerprint density at radius 1 is 1.29 bits per heavy atom. The first kappa shape index (κ1) is 19.1. The Balaban J connectivity index is 1.92. The number of aromatic nitrogens is 5. The van der Waals surface area contributed by atoms with Crippen molar-refractivity contribution in [3.63, 3.8) is 0 Å². The van der Waals surface area contributed by atoms with Crippen LogP contribution in [0.1, 0.15) is 11.1 Å². The van der Waals surface area contributed by atoms with Gasteiger partial charge in [-0.05, 0) is 11.6 Å². The van der Waals surface area contributed by atoms with Crippen molar-refractivity contribution in [2.45, 2.75) is 12.7 Å². The lowest BCUT2D eigenvalue weighted by molar-refractivity contribution is -0.138. The molecule has 1 aromatic carbocycles. The van der Waals surface area contributed by atoms with Crippen LogP contribution in [0.25, 0.3) is 11.4 Å². The van der Waals surface area contributed by atoms with Gasteiger partial charge in [-0.15, -0.1) is 0 Å². The van der Waals surface area contributed by atoms with Gasteiger partial charge in [0.1, 0.15) is 6.33 Å². The van der Waals surface area contributed by atoms with Gasteiger partial charge in [-0.2, -0.15) is 23.3 Å². The van der Waals surface area contributed by atoms with Crippen LogP contribution in [0.3, 0.4) is 0 Å². The van der Waals surface area contributed by atoms with Gasteiger partial charge in [0, 0.05) is 25.4 Å². The fourth-order valence-corrected chi connectivity index (χ4v) is 2.41. The fourth-order valence-electron chi connectivity index (χ4n) is 2.41. The highest BCUT2D eigenvalue weighted by Crippen LogP contribution is 2.34. The van der Waals surface area contributed by atoms with Crippen molar-refractivity contribution >= 4 is 17.7 Å². The van der Waals surface area contributed by atoms with Crippen LogP contribution in [-0.2, 0) is 19.8 Å². The summed E-state index contributed by atoms with van der Waals surface area (Å²) in [6.07, 6.45) is -1.70. The molecule has 0 unspecified atom stereocenters. The second-order valence-electron chi connectivity index (χ2n) is 5.69. The number of hydrogen-bond acceptors (Lipinski definition) is 6. The Kier molecular flexibility index (Phi) is 5.11. The summed E-state index contributed by atoms with van der Waals surface area (Å²) in [7, 11) is 1.73. The lowest BCUT2D eigenvalue weighted by Crippen LogP contribution is -2.22. The van der Waals surface area contributed by atoms with Crippen LogP contribution in [0.15, 0.2) is 36.9 Å². The first-order valence-corrected chi connectivity index (χ1v) is 7.84.